The quantitative estimate of drug-likeness (QED) is 0.705. The lowest BCUT2D eigenvalue weighted by molar-refractivity contribution is 0.385. The summed E-state index contributed by atoms with van der Waals surface area (Å²) in [5, 5.41) is 0. The van der Waals surface area contributed by atoms with E-state index in [9.17, 15) is 4.39 Å². The molecule has 0 bridgehead atoms. The summed E-state index contributed by atoms with van der Waals surface area (Å²) in [5.41, 5.74) is 7.05. The Kier molecular flexibility index (Phi) is 6.73. The summed E-state index contributed by atoms with van der Waals surface area (Å²) in [7, 11) is 1.47. The summed E-state index contributed by atoms with van der Waals surface area (Å²) in [6.07, 6.45) is 7.11. The van der Waals surface area contributed by atoms with Gasteiger partial charge in [-0.3, -0.25) is 0 Å². The largest absolute Gasteiger partial charge is 0.494 e. The van der Waals surface area contributed by atoms with Crippen LogP contribution in [0.2, 0.25) is 0 Å². The fourth-order valence-electron chi connectivity index (χ4n) is 2.04. The summed E-state index contributed by atoms with van der Waals surface area (Å²) in [6.45, 7) is 2.20. The third-order valence-electron chi connectivity index (χ3n) is 3.22. The third kappa shape index (κ3) is 4.65. The average molecular weight is 253 g/mol. The van der Waals surface area contributed by atoms with E-state index < -0.39 is 0 Å². The average Bonchev–Trinajstić information content (AvgIpc) is 2.38. The Balaban J connectivity index is 2.43. The molecule has 18 heavy (non-hydrogen) atoms. The highest BCUT2D eigenvalue weighted by Crippen LogP contribution is 2.24. The van der Waals surface area contributed by atoms with Crippen LogP contribution >= 0.6 is 0 Å². The number of benzene rings is 1. The first-order valence-electron chi connectivity index (χ1n) is 6.78. The topological polar surface area (TPSA) is 35.2 Å². The standard InChI is InChI=1S/C15H24FNO/c1-3-4-5-6-7-8-14(17)12-9-10-13(16)15(11-12)18-2/h9-11,14H,3-8,17H2,1-2H3. The van der Waals surface area contributed by atoms with Gasteiger partial charge in [-0.15, -0.1) is 0 Å². The SMILES string of the molecule is CCCCCCCC(N)c1ccc(F)c(OC)c1. The summed E-state index contributed by atoms with van der Waals surface area (Å²) >= 11 is 0. The fraction of sp³-hybridized carbons (Fsp3) is 0.600. The summed E-state index contributed by atoms with van der Waals surface area (Å²) in [6, 6.07) is 4.84. The first-order valence-corrected chi connectivity index (χ1v) is 6.78. The molecule has 0 spiro atoms. The Hall–Kier alpha value is -1.09. The van der Waals surface area contributed by atoms with Crippen LogP contribution in [0, 0.1) is 5.82 Å². The predicted molar refractivity (Wildman–Crippen MR) is 73.3 cm³/mol. The smallest absolute Gasteiger partial charge is 0.165 e. The second kappa shape index (κ2) is 8.09. The van der Waals surface area contributed by atoms with E-state index in [4.69, 9.17) is 10.5 Å². The van der Waals surface area contributed by atoms with Crippen molar-refractivity contribution >= 4 is 0 Å². The van der Waals surface area contributed by atoms with Gasteiger partial charge in [0.2, 0.25) is 0 Å². The van der Waals surface area contributed by atoms with E-state index in [1.54, 1.807) is 12.1 Å². The molecule has 0 radical (unpaired) electrons. The minimum Gasteiger partial charge on any atom is -0.494 e. The highest BCUT2D eigenvalue weighted by molar-refractivity contribution is 5.31. The minimum atomic E-state index is -0.337. The van der Waals surface area contributed by atoms with Crippen LogP contribution in [-0.4, -0.2) is 7.11 Å². The van der Waals surface area contributed by atoms with Gasteiger partial charge in [0.05, 0.1) is 7.11 Å². The van der Waals surface area contributed by atoms with E-state index in [2.05, 4.69) is 6.92 Å². The Morgan fingerprint density at radius 2 is 1.94 bits per heavy atom. The molecule has 2 N–H and O–H groups in total. The maximum Gasteiger partial charge on any atom is 0.165 e. The van der Waals surface area contributed by atoms with Crippen LogP contribution in [-0.2, 0) is 0 Å². The lowest BCUT2D eigenvalue weighted by Crippen LogP contribution is -2.10. The maximum atomic E-state index is 13.3. The van der Waals surface area contributed by atoms with Gasteiger partial charge in [-0.25, -0.2) is 4.39 Å². The lowest BCUT2D eigenvalue weighted by Gasteiger charge is -2.13. The zero-order valence-corrected chi connectivity index (χ0v) is 11.4. The van der Waals surface area contributed by atoms with Crippen LogP contribution in [0.15, 0.2) is 18.2 Å². The van der Waals surface area contributed by atoms with E-state index in [-0.39, 0.29) is 17.6 Å². The molecule has 102 valence electrons. The van der Waals surface area contributed by atoms with E-state index >= 15 is 0 Å². The molecule has 1 rings (SSSR count). The van der Waals surface area contributed by atoms with Crippen LogP contribution in [0.3, 0.4) is 0 Å². The van der Waals surface area contributed by atoms with Crippen LogP contribution in [0.1, 0.15) is 57.1 Å². The van der Waals surface area contributed by atoms with Gasteiger partial charge in [0.1, 0.15) is 0 Å². The molecule has 0 amide bonds. The first kappa shape index (κ1) is 15.0. The number of nitrogens with two attached hydrogens (primary N) is 1. The zero-order valence-electron chi connectivity index (χ0n) is 11.4. The summed E-state index contributed by atoms with van der Waals surface area (Å²) < 4.78 is 18.2. The van der Waals surface area contributed by atoms with Crippen molar-refractivity contribution in [2.45, 2.75) is 51.5 Å². The molecule has 0 saturated carbocycles. The van der Waals surface area contributed by atoms with E-state index in [1.807, 2.05) is 0 Å². The maximum absolute atomic E-state index is 13.3. The Morgan fingerprint density at radius 1 is 1.22 bits per heavy atom. The van der Waals surface area contributed by atoms with Gasteiger partial charge in [-0.05, 0) is 24.1 Å². The van der Waals surface area contributed by atoms with Crippen molar-refractivity contribution in [3.05, 3.63) is 29.6 Å². The second-order valence-corrected chi connectivity index (χ2v) is 4.70. The minimum absolute atomic E-state index is 0.0267. The van der Waals surface area contributed by atoms with Crippen molar-refractivity contribution < 1.29 is 9.13 Å². The lowest BCUT2D eigenvalue weighted by atomic mass is 10.0. The van der Waals surface area contributed by atoms with Gasteiger partial charge in [-0.1, -0.05) is 45.1 Å². The van der Waals surface area contributed by atoms with E-state index in [1.165, 1.54) is 38.9 Å². The molecule has 3 heteroatoms. The van der Waals surface area contributed by atoms with Crippen molar-refractivity contribution in [2.75, 3.05) is 7.11 Å². The molecule has 1 aromatic carbocycles. The molecule has 0 aromatic heterocycles. The van der Waals surface area contributed by atoms with Gasteiger partial charge in [0, 0.05) is 6.04 Å². The van der Waals surface area contributed by atoms with Gasteiger partial charge < -0.3 is 10.5 Å². The highest BCUT2D eigenvalue weighted by Gasteiger charge is 2.09. The Bertz CT molecular complexity index is 354. The fourth-order valence-corrected chi connectivity index (χ4v) is 2.04. The second-order valence-electron chi connectivity index (χ2n) is 4.70. The number of halogens is 1. The molecule has 1 aromatic rings. The number of rotatable bonds is 8. The molecule has 0 fully saturated rings. The molecule has 1 unspecified atom stereocenters. The predicted octanol–water partition coefficient (Wildman–Crippen LogP) is 4.19. The number of hydrogen-bond acceptors (Lipinski definition) is 2. The molecular formula is C15H24FNO. The number of methoxy groups -OCH3 is 1. The summed E-state index contributed by atoms with van der Waals surface area (Å²) in [4.78, 5) is 0. The van der Waals surface area contributed by atoms with Gasteiger partial charge in [0.15, 0.2) is 11.6 Å². The molecule has 0 aliphatic heterocycles. The molecule has 0 aliphatic carbocycles. The number of hydrogen-bond donors (Lipinski definition) is 1. The van der Waals surface area contributed by atoms with Crippen molar-refractivity contribution in [1.29, 1.82) is 0 Å². The van der Waals surface area contributed by atoms with Crippen molar-refractivity contribution in [2.24, 2.45) is 5.73 Å². The van der Waals surface area contributed by atoms with Crippen LogP contribution in [0.5, 0.6) is 5.75 Å². The number of ether oxygens (including phenoxy) is 1. The molecule has 2 nitrogen and oxygen atoms in total. The van der Waals surface area contributed by atoms with E-state index in [0.717, 1.165) is 18.4 Å². The normalized spacial score (nSPS) is 12.4. The summed E-state index contributed by atoms with van der Waals surface area (Å²) in [5.74, 6) is -0.0645. The zero-order chi connectivity index (χ0) is 13.4. The van der Waals surface area contributed by atoms with Gasteiger partial charge >= 0.3 is 0 Å². The van der Waals surface area contributed by atoms with Gasteiger partial charge in [0.25, 0.3) is 0 Å². The molecule has 1 atom stereocenters. The van der Waals surface area contributed by atoms with Gasteiger partial charge in [-0.2, -0.15) is 0 Å². The van der Waals surface area contributed by atoms with Crippen LogP contribution in [0.4, 0.5) is 4.39 Å². The van der Waals surface area contributed by atoms with Crippen LogP contribution in [0.25, 0.3) is 0 Å². The molecule has 0 saturated heterocycles. The molecule has 0 heterocycles. The highest BCUT2D eigenvalue weighted by atomic mass is 19.1. The number of unbranched alkanes of at least 4 members (excludes halogenated alkanes) is 4. The molecular weight excluding hydrogens is 229 g/mol. The van der Waals surface area contributed by atoms with E-state index in [0.29, 0.717) is 0 Å². The van der Waals surface area contributed by atoms with Crippen molar-refractivity contribution in [3.63, 3.8) is 0 Å². The van der Waals surface area contributed by atoms with Crippen LogP contribution < -0.4 is 10.5 Å². The monoisotopic (exact) mass is 253 g/mol. The van der Waals surface area contributed by atoms with Crippen molar-refractivity contribution in [1.82, 2.24) is 0 Å². The third-order valence-corrected chi connectivity index (χ3v) is 3.22. The first-order chi connectivity index (χ1) is 8.69. The molecule has 0 aliphatic rings. The Labute approximate surface area is 109 Å². The Morgan fingerprint density at radius 3 is 2.61 bits per heavy atom. The van der Waals surface area contributed by atoms with Crippen molar-refractivity contribution in [3.8, 4) is 5.75 Å².